The zero-order chi connectivity index (χ0) is 11.8. The molecule has 3 aromatic rings. The maximum absolute atomic E-state index is 4.57. The summed E-state index contributed by atoms with van der Waals surface area (Å²) < 4.78 is 1.04. The number of hydrogen-bond acceptors (Lipinski definition) is 3. The number of hydrogen-bond donors (Lipinski definition) is 1. The topological polar surface area (TPSA) is 54.5 Å². The molecule has 0 radical (unpaired) electrons. The van der Waals surface area contributed by atoms with Gasteiger partial charge in [0.2, 0.25) is 0 Å². The second-order valence-electron chi connectivity index (χ2n) is 3.83. The average Bonchev–Trinajstić information content (AvgIpc) is 2.74. The van der Waals surface area contributed by atoms with Crippen LogP contribution in [0.4, 0.5) is 0 Å². The number of fused-ring (bicyclic) bond motifs is 1. The van der Waals surface area contributed by atoms with Gasteiger partial charge >= 0.3 is 0 Å². The fourth-order valence-corrected chi connectivity index (χ4v) is 2.38. The molecule has 5 heteroatoms. The van der Waals surface area contributed by atoms with E-state index in [1.807, 2.05) is 13.0 Å². The summed E-state index contributed by atoms with van der Waals surface area (Å²) in [6.45, 7) is 2.04. The van der Waals surface area contributed by atoms with Gasteiger partial charge in [-0.3, -0.25) is 0 Å². The van der Waals surface area contributed by atoms with Crippen LogP contribution in [-0.2, 0) is 0 Å². The van der Waals surface area contributed by atoms with Gasteiger partial charge in [-0.15, -0.1) is 0 Å². The van der Waals surface area contributed by atoms with Gasteiger partial charge < -0.3 is 4.98 Å². The molecule has 1 N–H and O–H groups in total. The van der Waals surface area contributed by atoms with Crippen molar-refractivity contribution >= 4 is 27.0 Å². The van der Waals surface area contributed by atoms with Crippen molar-refractivity contribution in [1.29, 1.82) is 0 Å². The van der Waals surface area contributed by atoms with Crippen LogP contribution in [0.25, 0.3) is 22.4 Å². The average molecular weight is 289 g/mol. The number of aryl methyl sites for hydroxylation is 1. The van der Waals surface area contributed by atoms with Crippen molar-refractivity contribution in [3.8, 4) is 11.4 Å². The molecule has 3 rings (SSSR count). The Morgan fingerprint density at radius 2 is 1.94 bits per heavy atom. The molecule has 2 heterocycles. The molecule has 0 unspecified atom stereocenters. The first-order valence-corrected chi connectivity index (χ1v) is 5.94. The van der Waals surface area contributed by atoms with Crippen molar-refractivity contribution in [3.63, 3.8) is 0 Å². The van der Waals surface area contributed by atoms with E-state index in [2.05, 4.69) is 41.9 Å². The Balaban J connectivity index is 2.24. The van der Waals surface area contributed by atoms with Crippen LogP contribution in [-0.4, -0.2) is 19.9 Å². The minimum atomic E-state index is 0.793. The van der Waals surface area contributed by atoms with E-state index >= 15 is 0 Å². The number of H-pyrrole nitrogens is 1. The third-order valence-corrected chi connectivity index (χ3v) is 3.03. The van der Waals surface area contributed by atoms with Crippen LogP contribution in [0, 0.1) is 6.92 Å². The zero-order valence-electron chi connectivity index (χ0n) is 9.11. The Morgan fingerprint density at radius 3 is 2.71 bits per heavy atom. The van der Waals surface area contributed by atoms with Crippen molar-refractivity contribution in [1.82, 2.24) is 19.9 Å². The highest BCUT2D eigenvalue weighted by Gasteiger charge is 2.08. The van der Waals surface area contributed by atoms with Gasteiger partial charge in [0, 0.05) is 16.9 Å². The monoisotopic (exact) mass is 288 g/mol. The summed E-state index contributed by atoms with van der Waals surface area (Å²) in [5.74, 6) is 0.793. The van der Waals surface area contributed by atoms with Gasteiger partial charge in [0.25, 0.3) is 0 Å². The largest absolute Gasteiger partial charge is 0.338 e. The first-order chi connectivity index (χ1) is 8.24. The normalized spacial score (nSPS) is 10.9. The minimum Gasteiger partial charge on any atom is -0.338 e. The molecule has 0 bridgehead atoms. The van der Waals surface area contributed by atoms with E-state index in [9.17, 15) is 0 Å². The highest BCUT2D eigenvalue weighted by atomic mass is 79.9. The van der Waals surface area contributed by atoms with Gasteiger partial charge in [-0.25, -0.2) is 15.0 Å². The highest BCUT2D eigenvalue weighted by Crippen LogP contribution is 2.25. The fraction of sp³-hybridized carbons (Fsp3) is 0.0833. The number of nitrogens with zero attached hydrogens (tertiary/aromatic N) is 3. The molecule has 17 heavy (non-hydrogen) atoms. The Hall–Kier alpha value is -1.75. The maximum Gasteiger partial charge on any atom is 0.141 e. The second-order valence-corrected chi connectivity index (χ2v) is 4.75. The molecule has 0 aliphatic rings. The third kappa shape index (κ3) is 1.82. The lowest BCUT2D eigenvalue weighted by atomic mass is 10.2. The lowest BCUT2D eigenvalue weighted by Gasteiger charge is -1.94. The van der Waals surface area contributed by atoms with Crippen molar-refractivity contribution in [3.05, 3.63) is 40.9 Å². The van der Waals surface area contributed by atoms with E-state index in [1.165, 1.54) is 6.33 Å². The van der Waals surface area contributed by atoms with Crippen molar-refractivity contribution in [2.24, 2.45) is 0 Å². The van der Waals surface area contributed by atoms with E-state index in [4.69, 9.17) is 0 Å². The second kappa shape index (κ2) is 3.92. The van der Waals surface area contributed by atoms with Crippen molar-refractivity contribution < 1.29 is 0 Å². The van der Waals surface area contributed by atoms with Crippen LogP contribution in [0.5, 0.6) is 0 Å². The molecule has 4 nitrogen and oxygen atoms in total. The maximum atomic E-state index is 4.57. The van der Waals surface area contributed by atoms with Crippen molar-refractivity contribution in [2.75, 3.05) is 0 Å². The van der Waals surface area contributed by atoms with E-state index in [-0.39, 0.29) is 0 Å². The van der Waals surface area contributed by atoms with Crippen LogP contribution >= 0.6 is 15.9 Å². The summed E-state index contributed by atoms with van der Waals surface area (Å²) in [6, 6.07) is 4.07. The first-order valence-electron chi connectivity index (χ1n) is 5.15. The van der Waals surface area contributed by atoms with Crippen LogP contribution in [0.15, 0.2) is 35.3 Å². The lowest BCUT2D eigenvalue weighted by Crippen LogP contribution is -1.83. The predicted molar refractivity (Wildman–Crippen MR) is 69.6 cm³/mol. The Kier molecular flexibility index (Phi) is 2.40. The molecule has 0 saturated heterocycles. The summed E-state index contributed by atoms with van der Waals surface area (Å²) in [6.07, 6.45) is 5.00. The number of nitrogens with one attached hydrogen (secondary N) is 1. The smallest absolute Gasteiger partial charge is 0.141 e. The number of aromatic amines is 1. The van der Waals surface area contributed by atoms with Crippen LogP contribution in [0.2, 0.25) is 0 Å². The summed E-state index contributed by atoms with van der Waals surface area (Å²) in [7, 11) is 0. The third-order valence-electron chi connectivity index (χ3n) is 2.58. The molecule has 0 spiro atoms. The summed E-state index contributed by atoms with van der Waals surface area (Å²) in [5, 5.41) is 0. The van der Waals surface area contributed by atoms with Gasteiger partial charge in [-0.1, -0.05) is 15.9 Å². The molecule has 0 fully saturated rings. The predicted octanol–water partition coefficient (Wildman–Crippen LogP) is 3.09. The summed E-state index contributed by atoms with van der Waals surface area (Å²) in [5.41, 5.74) is 4.01. The van der Waals surface area contributed by atoms with Gasteiger partial charge in [-0.05, 0) is 24.6 Å². The Bertz CT molecular complexity index is 676. The lowest BCUT2D eigenvalue weighted by molar-refractivity contribution is 1.15. The minimum absolute atomic E-state index is 0.793. The van der Waals surface area contributed by atoms with Crippen molar-refractivity contribution in [2.45, 2.75) is 6.92 Å². The van der Waals surface area contributed by atoms with Gasteiger partial charge in [0.15, 0.2) is 0 Å². The Morgan fingerprint density at radius 1 is 1.18 bits per heavy atom. The molecule has 0 atom stereocenters. The van der Waals surface area contributed by atoms with Gasteiger partial charge in [0.05, 0.1) is 16.6 Å². The molecule has 0 aliphatic carbocycles. The molecular formula is C12H9BrN4. The molecule has 0 amide bonds. The standard InChI is InChI=1S/C12H9BrN4/c1-7-2-9(13)3-10-11(7)17-12(16-10)8-4-14-6-15-5-8/h2-6H,1H3,(H,16,17). The molecule has 2 aromatic heterocycles. The first kappa shape index (κ1) is 10.4. The molecular weight excluding hydrogens is 280 g/mol. The number of benzene rings is 1. The van der Waals surface area contributed by atoms with Gasteiger partial charge in [0.1, 0.15) is 12.2 Å². The Labute approximate surface area is 106 Å². The molecule has 84 valence electrons. The summed E-state index contributed by atoms with van der Waals surface area (Å²) >= 11 is 3.48. The zero-order valence-corrected chi connectivity index (χ0v) is 10.7. The summed E-state index contributed by atoms with van der Waals surface area (Å²) in [4.78, 5) is 15.8. The van der Waals surface area contributed by atoms with E-state index < -0.39 is 0 Å². The van der Waals surface area contributed by atoms with Crippen LogP contribution in [0.3, 0.4) is 0 Å². The molecule has 0 aliphatic heterocycles. The number of rotatable bonds is 1. The SMILES string of the molecule is Cc1cc(Br)cc2[nH]c(-c3cncnc3)nc12. The quantitative estimate of drug-likeness (QED) is 0.749. The number of aromatic nitrogens is 4. The highest BCUT2D eigenvalue weighted by molar-refractivity contribution is 9.10. The van der Waals surface area contributed by atoms with E-state index in [1.54, 1.807) is 12.4 Å². The fourth-order valence-electron chi connectivity index (χ4n) is 1.80. The number of halogens is 1. The number of imidazole rings is 1. The van der Waals surface area contributed by atoms with E-state index in [0.29, 0.717) is 0 Å². The van der Waals surface area contributed by atoms with E-state index in [0.717, 1.165) is 32.5 Å². The molecule has 0 saturated carbocycles. The van der Waals surface area contributed by atoms with Gasteiger partial charge in [-0.2, -0.15) is 0 Å². The van der Waals surface area contributed by atoms with Crippen LogP contribution in [0.1, 0.15) is 5.56 Å². The van der Waals surface area contributed by atoms with Crippen LogP contribution < -0.4 is 0 Å². The molecule has 1 aromatic carbocycles.